The molecule has 0 bridgehead atoms. The van der Waals surface area contributed by atoms with Gasteiger partial charge in [0.15, 0.2) is 11.5 Å². The molecule has 2 heterocycles. The second kappa shape index (κ2) is 11.9. The van der Waals surface area contributed by atoms with Crippen LogP contribution in [0, 0.1) is 0 Å². The maximum atomic E-state index is 9.83. The number of benzene rings is 3. The van der Waals surface area contributed by atoms with Gasteiger partial charge in [-0.3, -0.25) is 0 Å². The molecule has 2 aromatic heterocycles. The number of aliphatic imine (C=N–C) groups is 3. The van der Waals surface area contributed by atoms with Crippen molar-refractivity contribution in [2.45, 2.75) is 12.8 Å². The number of nitrogens with zero attached hydrogens (tertiary/aromatic N) is 6. The van der Waals surface area contributed by atoms with Crippen LogP contribution in [0.4, 0.5) is 17.8 Å². The minimum Gasteiger partial charge on any atom is -0.508 e. The number of phenols is 3. The van der Waals surface area contributed by atoms with Crippen molar-refractivity contribution in [3.05, 3.63) is 87.5 Å². The molecule has 0 saturated carbocycles. The molecule has 40 heavy (non-hydrogen) atoms. The van der Waals surface area contributed by atoms with E-state index in [2.05, 4.69) is 34.9 Å². The average Bonchev–Trinajstić information content (AvgIpc) is 3.32. The van der Waals surface area contributed by atoms with E-state index in [-0.39, 0.29) is 35.1 Å². The van der Waals surface area contributed by atoms with Crippen molar-refractivity contribution >= 4 is 70.6 Å². The van der Waals surface area contributed by atoms with E-state index in [9.17, 15) is 15.3 Å². The Morgan fingerprint density at radius 2 is 1.43 bits per heavy atom. The fourth-order valence-corrected chi connectivity index (χ4v) is 4.26. The number of rotatable bonds is 8. The van der Waals surface area contributed by atoms with E-state index in [0.29, 0.717) is 28.5 Å². The zero-order valence-corrected chi connectivity index (χ0v) is 22.2. The molecule has 12 heteroatoms. The molecule has 0 unspecified atom stereocenters. The van der Waals surface area contributed by atoms with E-state index in [0.717, 1.165) is 22.0 Å². The summed E-state index contributed by atoms with van der Waals surface area (Å²) < 4.78 is 0. The van der Waals surface area contributed by atoms with Gasteiger partial charge in [-0.2, -0.15) is 15.0 Å². The number of fused-ring (bicyclic) bond motifs is 1. The summed E-state index contributed by atoms with van der Waals surface area (Å²) in [6, 6.07) is 14.7. The maximum absolute atomic E-state index is 9.83. The first-order valence-corrected chi connectivity index (χ1v) is 12.7. The smallest absolute Gasteiger partial charge is 0.256 e. The number of nitrogens with one attached hydrogen (secondary N) is 1. The average molecular weight is 574 g/mol. The van der Waals surface area contributed by atoms with Gasteiger partial charge in [-0.05, 0) is 53.6 Å². The molecular weight excluding hydrogens is 553 g/mol. The zero-order valence-electron chi connectivity index (χ0n) is 20.7. The van der Waals surface area contributed by atoms with E-state index in [1.807, 2.05) is 6.20 Å². The Labute approximate surface area is 238 Å². The second-order valence-electron chi connectivity index (χ2n) is 8.53. The van der Waals surface area contributed by atoms with Gasteiger partial charge in [-0.1, -0.05) is 35.3 Å². The van der Waals surface area contributed by atoms with Gasteiger partial charge in [-0.15, -0.1) is 0 Å². The summed E-state index contributed by atoms with van der Waals surface area (Å²) in [7, 11) is 0. The first-order chi connectivity index (χ1) is 19.4. The highest BCUT2D eigenvalue weighted by molar-refractivity contribution is 6.38. The number of phenolic OH excluding ortho intramolecular Hbond substituents is 3. The summed E-state index contributed by atoms with van der Waals surface area (Å²) in [5.41, 5.74) is 3.07. The summed E-state index contributed by atoms with van der Waals surface area (Å²) in [6.07, 6.45) is 7.31. The highest BCUT2D eigenvalue weighted by Crippen LogP contribution is 2.26. The number of aromatic hydroxyl groups is 3. The van der Waals surface area contributed by atoms with Gasteiger partial charge in [0.2, 0.25) is 0 Å². The van der Waals surface area contributed by atoms with E-state index in [4.69, 9.17) is 23.2 Å². The predicted octanol–water partition coefficient (Wildman–Crippen LogP) is 6.42. The Balaban J connectivity index is 1.41. The van der Waals surface area contributed by atoms with Crippen LogP contribution >= 0.6 is 23.2 Å². The van der Waals surface area contributed by atoms with Crippen LogP contribution in [0.3, 0.4) is 0 Å². The summed E-state index contributed by atoms with van der Waals surface area (Å²) >= 11 is 12.5. The van der Waals surface area contributed by atoms with E-state index in [1.165, 1.54) is 18.3 Å². The van der Waals surface area contributed by atoms with Crippen molar-refractivity contribution in [3.8, 4) is 17.2 Å². The lowest BCUT2D eigenvalue weighted by molar-refractivity contribution is 0.403. The van der Waals surface area contributed by atoms with Crippen molar-refractivity contribution in [2.75, 3.05) is 0 Å². The van der Waals surface area contributed by atoms with Crippen molar-refractivity contribution < 1.29 is 15.3 Å². The van der Waals surface area contributed by atoms with Crippen LogP contribution in [0.2, 0.25) is 10.0 Å². The van der Waals surface area contributed by atoms with Crippen LogP contribution in [0.25, 0.3) is 10.9 Å². The zero-order chi connectivity index (χ0) is 28.1. The maximum Gasteiger partial charge on any atom is 0.256 e. The Morgan fingerprint density at radius 3 is 2.12 bits per heavy atom. The third-order valence-electron chi connectivity index (χ3n) is 5.75. The quantitative estimate of drug-likeness (QED) is 0.124. The van der Waals surface area contributed by atoms with Crippen LogP contribution in [0.15, 0.2) is 75.8 Å². The Bertz CT molecular complexity index is 1760. The van der Waals surface area contributed by atoms with Gasteiger partial charge in [0.1, 0.15) is 5.75 Å². The molecule has 0 aliphatic rings. The third kappa shape index (κ3) is 6.42. The largest absolute Gasteiger partial charge is 0.508 e. The fourth-order valence-electron chi connectivity index (χ4n) is 3.76. The lowest BCUT2D eigenvalue weighted by Crippen LogP contribution is -1.92. The molecule has 0 saturated heterocycles. The lowest BCUT2D eigenvalue weighted by atomic mass is 10.1. The van der Waals surface area contributed by atoms with Gasteiger partial charge in [0, 0.05) is 54.1 Å². The molecule has 0 atom stereocenters. The molecule has 0 radical (unpaired) electrons. The minimum atomic E-state index is -0.219. The van der Waals surface area contributed by atoms with E-state index >= 15 is 0 Å². The first kappa shape index (κ1) is 26.8. The molecule has 200 valence electrons. The Kier molecular flexibility index (Phi) is 7.99. The minimum absolute atomic E-state index is 0.0459. The summed E-state index contributed by atoms with van der Waals surface area (Å²) in [4.78, 5) is 29.1. The number of H-pyrrole nitrogens is 1. The molecule has 0 amide bonds. The van der Waals surface area contributed by atoms with E-state index in [1.54, 1.807) is 54.9 Å². The Morgan fingerprint density at radius 1 is 0.750 bits per heavy atom. The standard InChI is InChI=1S/C28H21Cl2N7O3/c29-21-2-1-3-22(30)20(21)15-34-28-36-26(31-10-8-16-4-7-24(39)25(40)12-16)35-27(37-28)32-11-9-17-14-33-23-6-5-18(38)13-19(17)23/h1-7,10-15,33,38-40H,8-9H2. The number of aromatic nitrogens is 4. The molecule has 0 aliphatic carbocycles. The van der Waals surface area contributed by atoms with Crippen LogP contribution in [0.1, 0.15) is 16.7 Å². The lowest BCUT2D eigenvalue weighted by Gasteiger charge is -2.02. The van der Waals surface area contributed by atoms with Crippen LogP contribution < -0.4 is 0 Å². The predicted molar refractivity (Wildman–Crippen MR) is 157 cm³/mol. The van der Waals surface area contributed by atoms with Crippen LogP contribution in [0.5, 0.6) is 17.2 Å². The summed E-state index contributed by atoms with van der Waals surface area (Å²) in [5, 5.41) is 30.8. The van der Waals surface area contributed by atoms with Gasteiger partial charge in [0.05, 0.1) is 10.0 Å². The number of hydrogen-bond acceptors (Lipinski definition) is 9. The molecule has 10 nitrogen and oxygen atoms in total. The van der Waals surface area contributed by atoms with Crippen molar-refractivity contribution in [3.63, 3.8) is 0 Å². The third-order valence-corrected chi connectivity index (χ3v) is 6.41. The molecule has 0 fully saturated rings. The summed E-state index contributed by atoms with van der Waals surface area (Å²) in [5.74, 6) is -0.0447. The van der Waals surface area contributed by atoms with Crippen molar-refractivity contribution in [2.24, 2.45) is 15.0 Å². The number of hydrogen-bond donors (Lipinski definition) is 4. The highest BCUT2D eigenvalue weighted by atomic mass is 35.5. The van der Waals surface area contributed by atoms with Crippen LogP contribution in [-0.2, 0) is 12.8 Å². The van der Waals surface area contributed by atoms with Crippen molar-refractivity contribution in [1.82, 2.24) is 19.9 Å². The topological polar surface area (TPSA) is 152 Å². The summed E-state index contributed by atoms with van der Waals surface area (Å²) in [6.45, 7) is 0. The van der Waals surface area contributed by atoms with Crippen molar-refractivity contribution in [1.29, 1.82) is 0 Å². The molecule has 5 aromatic rings. The van der Waals surface area contributed by atoms with Crippen LogP contribution in [-0.4, -0.2) is 53.9 Å². The van der Waals surface area contributed by atoms with Gasteiger partial charge >= 0.3 is 0 Å². The molecule has 0 spiro atoms. The molecule has 5 rings (SSSR count). The molecule has 3 aromatic carbocycles. The van der Waals surface area contributed by atoms with Gasteiger partial charge in [-0.25, -0.2) is 15.0 Å². The number of aromatic amines is 1. The highest BCUT2D eigenvalue weighted by Gasteiger charge is 2.08. The number of halogens is 2. The fraction of sp³-hybridized carbons (Fsp3) is 0.0714. The monoisotopic (exact) mass is 573 g/mol. The van der Waals surface area contributed by atoms with Gasteiger partial charge < -0.3 is 20.3 Å². The molecule has 0 aliphatic heterocycles. The first-order valence-electron chi connectivity index (χ1n) is 11.9. The Hall–Kier alpha value is -4.80. The SMILES string of the molecule is Oc1ccc2[nH]cc(CC=Nc3nc(N=CCc4ccc(O)c(O)c4)nc(N=Cc4c(Cl)cccc4Cl)n3)c2c1. The van der Waals surface area contributed by atoms with Gasteiger partial charge in [0.25, 0.3) is 17.8 Å². The van der Waals surface area contributed by atoms with E-state index < -0.39 is 0 Å². The molecular formula is C28H21Cl2N7O3. The molecule has 4 N–H and O–H groups in total. The second-order valence-corrected chi connectivity index (χ2v) is 9.34. The normalized spacial score (nSPS) is 11.9.